The molecule has 5 aliphatic rings. The number of piperazine rings is 1. The van der Waals surface area contributed by atoms with Gasteiger partial charge in [0.25, 0.3) is 5.91 Å². The Morgan fingerprint density at radius 1 is 1.16 bits per heavy atom. The number of aromatic amines is 1. The second-order valence-electron chi connectivity index (χ2n) is 10.00. The van der Waals surface area contributed by atoms with Gasteiger partial charge >= 0.3 is 5.69 Å². The van der Waals surface area contributed by atoms with E-state index >= 15 is 0 Å². The maximum absolute atomic E-state index is 12.7. The molecule has 9 heteroatoms. The average molecular weight is 432 g/mol. The zero-order valence-corrected chi connectivity index (χ0v) is 18.0. The summed E-state index contributed by atoms with van der Waals surface area (Å²) in [5.74, 6) is 3.01. The van der Waals surface area contributed by atoms with E-state index < -0.39 is 5.69 Å². The molecule has 6 rings (SSSR count). The summed E-state index contributed by atoms with van der Waals surface area (Å²) in [6, 6.07) is 1.70. The number of β-amino-alcohol motifs (C(OH)–C–C–N with tert-alkyl or cyclic N) is 1. The number of hydrogen-bond acceptors (Lipinski definition) is 7. The van der Waals surface area contributed by atoms with Gasteiger partial charge in [0.05, 0.1) is 6.61 Å². The van der Waals surface area contributed by atoms with Crippen LogP contribution in [0.2, 0.25) is 0 Å². The number of aliphatic hydroxyl groups is 1. The van der Waals surface area contributed by atoms with E-state index in [2.05, 4.69) is 25.1 Å². The first-order valence-electron chi connectivity index (χ1n) is 11.6. The Morgan fingerprint density at radius 2 is 1.81 bits per heavy atom. The van der Waals surface area contributed by atoms with Crippen LogP contribution in [0.4, 0.5) is 5.82 Å². The molecule has 0 atom stereocenters. The van der Waals surface area contributed by atoms with Crippen LogP contribution < -0.4 is 20.6 Å². The van der Waals surface area contributed by atoms with Crippen molar-refractivity contribution in [2.24, 2.45) is 17.8 Å². The highest BCUT2D eigenvalue weighted by atomic mass is 16.5. The quantitative estimate of drug-likeness (QED) is 0.571. The first-order valence-corrected chi connectivity index (χ1v) is 11.6. The highest BCUT2D eigenvalue weighted by Gasteiger charge is 2.51. The van der Waals surface area contributed by atoms with Crippen molar-refractivity contribution in [3.8, 4) is 5.88 Å². The topological polar surface area (TPSA) is 111 Å². The number of aromatic nitrogens is 2. The van der Waals surface area contributed by atoms with E-state index in [9.17, 15) is 9.59 Å². The van der Waals surface area contributed by atoms with E-state index in [0.717, 1.165) is 63.2 Å². The summed E-state index contributed by atoms with van der Waals surface area (Å²) >= 11 is 0. The smallest absolute Gasteiger partial charge is 0.349 e. The molecule has 1 aliphatic heterocycles. The fourth-order valence-corrected chi connectivity index (χ4v) is 6.76. The lowest BCUT2D eigenvalue weighted by Gasteiger charge is -2.56. The van der Waals surface area contributed by atoms with Gasteiger partial charge in [-0.05, 0) is 56.3 Å². The minimum atomic E-state index is -0.480. The molecular weight excluding hydrogens is 398 g/mol. The first kappa shape index (κ1) is 20.8. The fourth-order valence-electron chi connectivity index (χ4n) is 6.76. The summed E-state index contributed by atoms with van der Waals surface area (Å²) < 4.78 is 5.64. The summed E-state index contributed by atoms with van der Waals surface area (Å²) in [4.78, 5) is 35.6. The second-order valence-corrected chi connectivity index (χ2v) is 10.00. The molecule has 4 aliphatic carbocycles. The van der Waals surface area contributed by atoms with Gasteiger partial charge < -0.3 is 20.1 Å². The van der Waals surface area contributed by atoms with E-state index in [4.69, 9.17) is 9.84 Å². The van der Waals surface area contributed by atoms with Crippen LogP contribution in [0.1, 0.15) is 38.5 Å². The number of carbonyl (C=O) groups is 1. The molecule has 0 spiro atoms. The molecule has 1 aromatic rings. The summed E-state index contributed by atoms with van der Waals surface area (Å²) in [5, 5.41) is 12.4. The van der Waals surface area contributed by atoms with Crippen molar-refractivity contribution in [3.05, 3.63) is 16.6 Å². The number of nitrogens with one attached hydrogen (secondary N) is 2. The standard InChI is InChI=1S/C22H33N5O4/c28-6-5-26-1-3-27(4-2-26)18-10-20(24-21(30)23-18)31-14-19(29)25-22-11-15-7-16(12-22)9-17(8-15)13-22/h10,15-17,28H,1-9,11-14H2,(H,25,29)(H,23,24,30). The molecule has 9 nitrogen and oxygen atoms in total. The van der Waals surface area contributed by atoms with E-state index in [1.807, 2.05) is 0 Å². The van der Waals surface area contributed by atoms with Gasteiger partial charge in [-0.2, -0.15) is 4.98 Å². The Morgan fingerprint density at radius 3 is 2.42 bits per heavy atom. The number of rotatable bonds is 7. The normalized spacial score (nSPS) is 32.3. The third-order valence-corrected chi connectivity index (χ3v) is 7.63. The Balaban J connectivity index is 1.17. The molecule has 2 heterocycles. The summed E-state index contributed by atoms with van der Waals surface area (Å²) in [6.45, 7) is 3.80. The summed E-state index contributed by atoms with van der Waals surface area (Å²) in [6.07, 6.45) is 7.29. The average Bonchev–Trinajstić information content (AvgIpc) is 2.71. The molecule has 0 unspecified atom stereocenters. The van der Waals surface area contributed by atoms with Gasteiger partial charge in [0.1, 0.15) is 5.82 Å². The minimum Gasteiger partial charge on any atom is -0.467 e. The van der Waals surface area contributed by atoms with Gasteiger partial charge in [0.15, 0.2) is 6.61 Å². The molecule has 1 aromatic heterocycles. The van der Waals surface area contributed by atoms with Crippen molar-refractivity contribution < 1.29 is 14.6 Å². The van der Waals surface area contributed by atoms with Gasteiger partial charge in [-0.3, -0.25) is 14.7 Å². The third-order valence-electron chi connectivity index (χ3n) is 7.63. The van der Waals surface area contributed by atoms with Crippen LogP contribution in [0.3, 0.4) is 0 Å². The maximum atomic E-state index is 12.7. The molecule has 4 saturated carbocycles. The second kappa shape index (κ2) is 8.43. The minimum absolute atomic E-state index is 0.0454. The summed E-state index contributed by atoms with van der Waals surface area (Å²) in [7, 11) is 0. The molecule has 3 N–H and O–H groups in total. The van der Waals surface area contributed by atoms with Gasteiger partial charge in [0.2, 0.25) is 5.88 Å². The molecule has 1 saturated heterocycles. The number of amides is 1. The van der Waals surface area contributed by atoms with E-state index in [0.29, 0.717) is 12.4 Å². The molecule has 4 bridgehead atoms. The number of aliphatic hydroxyl groups excluding tert-OH is 1. The predicted octanol–water partition coefficient (Wildman–Crippen LogP) is 0.348. The van der Waals surface area contributed by atoms with Crippen molar-refractivity contribution in [1.82, 2.24) is 20.2 Å². The van der Waals surface area contributed by atoms with E-state index in [-0.39, 0.29) is 30.5 Å². The number of anilines is 1. The monoisotopic (exact) mass is 431 g/mol. The number of nitrogens with zero attached hydrogens (tertiary/aromatic N) is 3. The van der Waals surface area contributed by atoms with Crippen molar-refractivity contribution in [3.63, 3.8) is 0 Å². The number of H-pyrrole nitrogens is 1. The maximum Gasteiger partial charge on any atom is 0.349 e. The Bertz CT molecular complexity index is 828. The zero-order chi connectivity index (χ0) is 21.4. The Kier molecular flexibility index (Phi) is 5.64. The van der Waals surface area contributed by atoms with Gasteiger partial charge in [-0.1, -0.05) is 0 Å². The highest BCUT2D eigenvalue weighted by Crippen LogP contribution is 2.55. The predicted molar refractivity (Wildman–Crippen MR) is 115 cm³/mol. The fraction of sp³-hybridized carbons (Fsp3) is 0.773. The van der Waals surface area contributed by atoms with Gasteiger partial charge in [-0.25, -0.2) is 4.79 Å². The third kappa shape index (κ3) is 4.57. The molecule has 170 valence electrons. The van der Waals surface area contributed by atoms with Crippen LogP contribution in [-0.4, -0.2) is 77.4 Å². The van der Waals surface area contributed by atoms with E-state index in [1.165, 1.54) is 19.3 Å². The van der Waals surface area contributed by atoms with E-state index in [1.54, 1.807) is 6.07 Å². The highest BCUT2D eigenvalue weighted by molar-refractivity contribution is 5.78. The van der Waals surface area contributed by atoms with Crippen LogP contribution in [0, 0.1) is 17.8 Å². The largest absolute Gasteiger partial charge is 0.467 e. The van der Waals surface area contributed by atoms with Crippen LogP contribution in [-0.2, 0) is 4.79 Å². The molecular formula is C22H33N5O4. The van der Waals surface area contributed by atoms with Crippen molar-refractivity contribution in [1.29, 1.82) is 0 Å². The van der Waals surface area contributed by atoms with Crippen molar-refractivity contribution in [2.45, 2.75) is 44.1 Å². The molecule has 0 aromatic carbocycles. The Labute approximate surface area is 182 Å². The number of ether oxygens (including phenoxy) is 1. The SMILES string of the molecule is O=C(COc1cc(N2CCN(CCO)CC2)[nH]c(=O)n1)NC12CC3CC(CC(C3)C1)C2. The van der Waals surface area contributed by atoms with Crippen LogP contribution >= 0.6 is 0 Å². The lowest BCUT2D eigenvalue weighted by atomic mass is 9.53. The molecule has 0 radical (unpaired) electrons. The van der Waals surface area contributed by atoms with Crippen molar-refractivity contribution >= 4 is 11.7 Å². The van der Waals surface area contributed by atoms with Crippen LogP contribution in [0.25, 0.3) is 0 Å². The van der Waals surface area contributed by atoms with Gasteiger partial charge in [-0.15, -0.1) is 0 Å². The van der Waals surface area contributed by atoms with Crippen LogP contribution in [0.15, 0.2) is 10.9 Å². The lowest BCUT2D eigenvalue weighted by Crippen LogP contribution is -2.60. The van der Waals surface area contributed by atoms with Crippen LogP contribution in [0.5, 0.6) is 5.88 Å². The van der Waals surface area contributed by atoms with Crippen molar-refractivity contribution in [2.75, 3.05) is 50.8 Å². The lowest BCUT2D eigenvalue weighted by molar-refractivity contribution is -0.128. The van der Waals surface area contributed by atoms with Gasteiger partial charge in [0, 0.05) is 44.3 Å². The zero-order valence-electron chi connectivity index (χ0n) is 18.0. The molecule has 31 heavy (non-hydrogen) atoms. The molecule has 1 amide bonds. The first-order chi connectivity index (χ1) is 15.0. The number of hydrogen-bond donors (Lipinski definition) is 3. The molecule has 5 fully saturated rings. The Hall–Kier alpha value is -2.13. The summed E-state index contributed by atoms with van der Waals surface area (Å²) in [5.41, 5.74) is -0.525. The number of carbonyl (C=O) groups excluding carboxylic acids is 1.